The molecule has 5 heterocycles. The Labute approximate surface area is 134 Å². The summed E-state index contributed by atoms with van der Waals surface area (Å²) in [6, 6.07) is 4.25. The molecule has 6 heteroatoms. The standard InChI is InChI=1S/C16H19ClN4O/c1-10-15(11-2-4-20(10)5-3-11)19-16(22)14-7-13-6-12(17)8-21(13)9-18-14/h6-11,15H,2-5H2,1H3,(H,19,22)/t10-,15+/m1/s1. The van der Waals surface area contributed by atoms with Crippen LogP contribution in [0.15, 0.2) is 24.7 Å². The first-order chi connectivity index (χ1) is 10.6. The molecule has 3 aliphatic rings. The molecule has 5 nitrogen and oxygen atoms in total. The first-order valence-corrected chi connectivity index (χ1v) is 8.18. The Kier molecular flexibility index (Phi) is 3.35. The van der Waals surface area contributed by atoms with Gasteiger partial charge in [-0.2, -0.15) is 0 Å². The van der Waals surface area contributed by atoms with Crippen molar-refractivity contribution < 1.29 is 4.79 Å². The van der Waals surface area contributed by atoms with E-state index in [1.54, 1.807) is 18.6 Å². The van der Waals surface area contributed by atoms with Crippen LogP contribution in [-0.2, 0) is 0 Å². The highest BCUT2D eigenvalue weighted by molar-refractivity contribution is 6.31. The maximum Gasteiger partial charge on any atom is 0.270 e. The van der Waals surface area contributed by atoms with Crippen LogP contribution in [0.2, 0.25) is 5.02 Å². The normalized spacial score (nSPS) is 30.6. The van der Waals surface area contributed by atoms with Crippen LogP contribution in [0.3, 0.4) is 0 Å². The maximum atomic E-state index is 12.6. The van der Waals surface area contributed by atoms with Gasteiger partial charge in [0, 0.05) is 18.3 Å². The molecule has 1 amide bonds. The molecule has 0 saturated carbocycles. The van der Waals surface area contributed by atoms with E-state index in [0.29, 0.717) is 22.7 Å². The summed E-state index contributed by atoms with van der Waals surface area (Å²) in [5, 5.41) is 3.85. The number of piperidine rings is 3. The second kappa shape index (κ2) is 5.25. The maximum absolute atomic E-state index is 12.6. The van der Waals surface area contributed by atoms with Crippen LogP contribution in [0, 0.1) is 5.92 Å². The molecule has 22 heavy (non-hydrogen) atoms. The summed E-state index contributed by atoms with van der Waals surface area (Å²) in [6.45, 7) is 4.52. The van der Waals surface area contributed by atoms with Crippen LogP contribution in [0.4, 0.5) is 0 Å². The summed E-state index contributed by atoms with van der Waals surface area (Å²) < 4.78 is 1.82. The van der Waals surface area contributed by atoms with Gasteiger partial charge in [-0.25, -0.2) is 4.98 Å². The molecular formula is C16H19ClN4O. The molecule has 2 atom stereocenters. The lowest BCUT2D eigenvalue weighted by Crippen LogP contribution is -2.62. The topological polar surface area (TPSA) is 49.6 Å². The minimum absolute atomic E-state index is 0.0922. The molecule has 0 aliphatic carbocycles. The molecule has 2 aromatic rings. The second-order valence-electron chi connectivity index (χ2n) is 6.38. The van der Waals surface area contributed by atoms with Crippen molar-refractivity contribution in [2.75, 3.05) is 13.1 Å². The molecule has 2 bridgehead atoms. The fraction of sp³-hybridized carbons (Fsp3) is 0.500. The van der Waals surface area contributed by atoms with E-state index in [-0.39, 0.29) is 11.9 Å². The quantitative estimate of drug-likeness (QED) is 0.923. The van der Waals surface area contributed by atoms with E-state index in [4.69, 9.17) is 11.6 Å². The van der Waals surface area contributed by atoms with Crippen molar-refractivity contribution in [2.24, 2.45) is 5.92 Å². The summed E-state index contributed by atoms with van der Waals surface area (Å²) in [4.78, 5) is 19.3. The van der Waals surface area contributed by atoms with Gasteiger partial charge in [0.2, 0.25) is 0 Å². The van der Waals surface area contributed by atoms with Crippen molar-refractivity contribution in [2.45, 2.75) is 31.8 Å². The minimum Gasteiger partial charge on any atom is -0.346 e. The number of nitrogens with one attached hydrogen (secondary N) is 1. The van der Waals surface area contributed by atoms with Gasteiger partial charge in [0.15, 0.2) is 0 Å². The SMILES string of the molecule is C[C@@H]1[C@H](NC(=O)c2cc3cc(Cl)cn3cn2)C2CCN1CC2. The zero-order valence-corrected chi connectivity index (χ0v) is 13.3. The molecule has 2 aromatic heterocycles. The minimum atomic E-state index is -0.0922. The van der Waals surface area contributed by atoms with Crippen LogP contribution < -0.4 is 5.32 Å². The van der Waals surface area contributed by atoms with E-state index >= 15 is 0 Å². The van der Waals surface area contributed by atoms with E-state index in [1.807, 2.05) is 10.5 Å². The number of carbonyl (C=O) groups excluding carboxylic acids is 1. The van der Waals surface area contributed by atoms with Gasteiger partial charge in [-0.15, -0.1) is 0 Å². The van der Waals surface area contributed by atoms with Crippen molar-refractivity contribution >= 4 is 23.0 Å². The highest BCUT2D eigenvalue weighted by Gasteiger charge is 2.40. The zero-order valence-electron chi connectivity index (χ0n) is 12.5. The first-order valence-electron chi connectivity index (χ1n) is 7.80. The predicted molar refractivity (Wildman–Crippen MR) is 85.2 cm³/mol. The molecular weight excluding hydrogens is 300 g/mol. The van der Waals surface area contributed by atoms with Crippen molar-refractivity contribution in [3.05, 3.63) is 35.4 Å². The summed E-state index contributed by atoms with van der Waals surface area (Å²) in [7, 11) is 0. The van der Waals surface area contributed by atoms with Crippen LogP contribution in [-0.4, -0.2) is 45.4 Å². The van der Waals surface area contributed by atoms with Crippen molar-refractivity contribution in [1.29, 1.82) is 0 Å². The number of carbonyl (C=O) groups is 1. The highest BCUT2D eigenvalue weighted by atomic mass is 35.5. The van der Waals surface area contributed by atoms with Gasteiger partial charge in [0.1, 0.15) is 12.0 Å². The molecule has 0 radical (unpaired) electrons. The molecule has 0 aromatic carbocycles. The van der Waals surface area contributed by atoms with Gasteiger partial charge >= 0.3 is 0 Å². The van der Waals surface area contributed by atoms with Crippen LogP contribution >= 0.6 is 11.6 Å². The second-order valence-corrected chi connectivity index (χ2v) is 6.81. The lowest BCUT2D eigenvalue weighted by molar-refractivity contribution is 0.0216. The smallest absolute Gasteiger partial charge is 0.270 e. The number of halogens is 1. The monoisotopic (exact) mass is 318 g/mol. The number of hydrogen-bond donors (Lipinski definition) is 1. The number of rotatable bonds is 2. The summed E-state index contributed by atoms with van der Waals surface area (Å²) >= 11 is 5.98. The molecule has 0 spiro atoms. The van der Waals surface area contributed by atoms with Crippen molar-refractivity contribution in [1.82, 2.24) is 19.6 Å². The van der Waals surface area contributed by atoms with Crippen molar-refractivity contribution in [3.8, 4) is 0 Å². The Morgan fingerprint density at radius 1 is 1.36 bits per heavy atom. The van der Waals surface area contributed by atoms with Gasteiger partial charge in [0.05, 0.1) is 10.5 Å². The third-order valence-corrected chi connectivity index (χ3v) is 5.37. The lowest BCUT2D eigenvalue weighted by atomic mass is 9.79. The molecule has 3 aliphatic heterocycles. The van der Waals surface area contributed by atoms with Crippen molar-refractivity contribution in [3.63, 3.8) is 0 Å². The van der Waals surface area contributed by atoms with Gasteiger partial charge in [-0.05, 0) is 50.9 Å². The van der Waals surface area contributed by atoms with Crippen LogP contribution in [0.1, 0.15) is 30.3 Å². The highest BCUT2D eigenvalue weighted by Crippen LogP contribution is 2.32. The Bertz CT molecular complexity index is 718. The Balaban J connectivity index is 1.55. The Morgan fingerprint density at radius 3 is 2.86 bits per heavy atom. The molecule has 116 valence electrons. The van der Waals surface area contributed by atoms with E-state index in [1.165, 1.54) is 12.8 Å². The number of hydrogen-bond acceptors (Lipinski definition) is 3. The fourth-order valence-electron chi connectivity index (χ4n) is 3.87. The Morgan fingerprint density at radius 2 is 2.14 bits per heavy atom. The Hall–Kier alpha value is -1.59. The van der Waals surface area contributed by atoms with E-state index in [0.717, 1.165) is 18.6 Å². The van der Waals surface area contributed by atoms with Gasteiger partial charge < -0.3 is 9.72 Å². The summed E-state index contributed by atoms with van der Waals surface area (Å²) in [5.74, 6) is 0.501. The molecule has 0 unspecified atom stereocenters. The average molecular weight is 319 g/mol. The van der Waals surface area contributed by atoms with Gasteiger partial charge in [-0.1, -0.05) is 11.6 Å². The van der Waals surface area contributed by atoms with Gasteiger partial charge in [-0.3, -0.25) is 9.69 Å². The number of nitrogens with zero attached hydrogens (tertiary/aromatic N) is 3. The average Bonchev–Trinajstić information content (AvgIpc) is 2.90. The number of fused-ring (bicyclic) bond motifs is 4. The number of amides is 1. The zero-order chi connectivity index (χ0) is 15.3. The summed E-state index contributed by atoms with van der Waals surface area (Å²) in [6.07, 6.45) is 5.77. The molecule has 5 rings (SSSR count). The van der Waals surface area contributed by atoms with Crippen LogP contribution in [0.25, 0.3) is 5.52 Å². The molecule has 3 saturated heterocycles. The predicted octanol–water partition coefficient (Wildman–Crippen LogP) is 2.20. The van der Waals surface area contributed by atoms with E-state index < -0.39 is 0 Å². The van der Waals surface area contributed by atoms with E-state index in [2.05, 4.69) is 22.1 Å². The first kappa shape index (κ1) is 14.0. The van der Waals surface area contributed by atoms with Gasteiger partial charge in [0.25, 0.3) is 5.91 Å². The van der Waals surface area contributed by atoms with E-state index in [9.17, 15) is 4.79 Å². The lowest BCUT2D eigenvalue weighted by Gasteiger charge is -2.49. The summed E-state index contributed by atoms with van der Waals surface area (Å²) in [5.41, 5.74) is 1.33. The third kappa shape index (κ3) is 2.29. The third-order valence-electron chi connectivity index (χ3n) is 5.16. The van der Waals surface area contributed by atoms with Crippen LogP contribution in [0.5, 0.6) is 0 Å². The fourth-order valence-corrected chi connectivity index (χ4v) is 4.09. The largest absolute Gasteiger partial charge is 0.346 e. The molecule has 1 N–H and O–H groups in total. The molecule has 3 fully saturated rings. The number of aromatic nitrogens is 2.